The molecule has 0 saturated carbocycles. The number of aromatic nitrogens is 3. The molecule has 0 bridgehead atoms. The van der Waals surface area contributed by atoms with Crippen LogP contribution in [-0.2, 0) is 4.74 Å². The number of anilines is 1. The van der Waals surface area contributed by atoms with E-state index < -0.39 is 11.9 Å². The van der Waals surface area contributed by atoms with Crippen LogP contribution in [0.4, 0.5) is 14.9 Å². The van der Waals surface area contributed by atoms with Gasteiger partial charge >= 0.3 is 6.09 Å². The molecule has 0 aliphatic rings. The molecule has 118 valence electrons. The lowest BCUT2D eigenvalue weighted by Gasteiger charge is -2.07. The highest BCUT2D eigenvalue weighted by Crippen LogP contribution is 2.26. The summed E-state index contributed by atoms with van der Waals surface area (Å²) in [5.74, 6) is -0.131. The maximum absolute atomic E-state index is 14.1. The normalized spacial score (nSPS) is 10.7. The van der Waals surface area contributed by atoms with E-state index in [1.165, 1.54) is 18.2 Å². The number of benzene rings is 1. The molecule has 0 fully saturated rings. The third kappa shape index (κ3) is 3.31. The highest BCUT2D eigenvalue weighted by atomic mass is 79.9. The van der Waals surface area contributed by atoms with Gasteiger partial charge in [0.05, 0.1) is 12.2 Å². The summed E-state index contributed by atoms with van der Waals surface area (Å²) in [5, 5.41) is 2.53. The van der Waals surface area contributed by atoms with Crippen LogP contribution in [-0.4, -0.2) is 27.7 Å². The molecule has 23 heavy (non-hydrogen) atoms. The topological polar surface area (TPSA) is 79.9 Å². The van der Waals surface area contributed by atoms with Gasteiger partial charge in [0.1, 0.15) is 17.2 Å². The first-order valence-electron chi connectivity index (χ1n) is 6.82. The molecule has 2 aromatic heterocycles. The SMILES string of the molecule is CCOC(=O)Nc1ccc(F)c(-c2nc3cc(Br)cnc3[nH]2)c1. The highest BCUT2D eigenvalue weighted by molar-refractivity contribution is 9.10. The Balaban J connectivity index is 1.98. The van der Waals surface area contributed by atoms with Crippen molar-refractivity contribution in [3.05, 3.63) is 40.8 Å². The first kappa shape index (κ1) is 15.4. The van der Waals surface area contributed by atoms with Crippen molar-refractivity contribution in [1.29, 1.82) is 0 Å². The molecule has 1 amide bonds. The van der Waals surface area contributed by atoms with E-state index in [-0.39, 0.29) is 12.2 Å². The van der Waals surface area contributed by atoms with Crippen molar-refractivity contribution in [3.63, 3.8) is 0 Å². The van der Waals surface area contributed by atoms with Crippen molar-refractivity contribution in [3.8, 4) is 11.4 Å². The molecule has 0 radical (unpaired) electrons. The van der Waals surface area contributed by atoms with E-state index in [0.717, 1.165) is 4.47 Å². The number of carbonyl (C=O) groups is 1. The Morgan fingerprint density at radius 2 is 2.26 bits per heavy atom. The number of fused-ring (bicyclic) bond motifs is 1. The van der Waals surface area contributed by atoms with E-state index in [2.05, 4.69) is 36.2 Å². The summed E-state index contributed by atoms with van der Waals surface area (Å²) in [7, 11) is 0. The minimum absolute atomic E-state index is 0.230. The second kappa shape index (κ2) is 6.33. The van der Waals surface area contributed by atoms with Crippen molar-refractivity contribution in [2.75, 3.05) is 11.9 Å². The van der Waals surface area contributed by atoms with Crippen LogP contribution in [0.15, 0.2) is 34.9 Å². The quantitative estimate of drug-likeness (QED) is 0.718. The molecule has 2 N–H and O–H groups in total. The van der Waals surface area contributed by atoms with Crippen molar-refractivity contribution < 1.29 is 13.9 Å². The van der Waals surface area contributed by atoms with Gasteiger partial charge in [-0.1, -0.05) is 0 Å². The van der Waals surface area contributed by atoms with Crippen molar-refractivity contribution in [1.82, 2.24) is 15.0 Å². The molecular formula is C15H12BrFN4O2. The number of ether oxygens (including phenoxy) is 1. The predicted octanol–water partition coefficient (Wildman–Crippen LogP) is 4.09. The zero-order valence-electron chi connectivity index (χ0n) is 12.1. The Labute approximate surface area is 139 Å². The van der Waals surface area contributed by atoms with Crippen molar-refractivity contribution in [2.24, 2.45) is 0 Å². The van der Waals surface area contributed by atoms with Gasteiger partial charge in [-0.3, -0.25) is 5.32 Å². The van der Waals surface area contributed by atoms with Gasteiger partial charge in [0.2, 0.25) is 0 Å². The number of nitrogens with zero attached hydrogens (tertiary/aromatic N) is 2. The zero-order valence-corrected chi connectivity index (χ0v) is 13.6. The van der Waals surface area contributed by atoms with Gasteiger partial charge in [0.15, 0.2) is 5.65 Å². The van der Waals surface area contributed by atoms with Gasteiger partial charge in [-0.25, -0.2) is 19.2 Å². The molecular weight excluding hydrogens is 367 g/mol. The number of rotatable bonds is 3. The fraction of sp³-hybridized carbons (Fsp3) is 0.133. The lowest BCUT2D eigenvalue weighted by molar-refractivity contribution is 0.168. The van der Waals surface area contributed by atoms with Crippen LogP contribution in [0, 0.1) is 5.82 Å². The molecule has 0 spiro atoms. The number of nitrogens with one attached hydrogen (secondary N) is 2. The number of amides is 1. The molecule has 3 aromatic rings. The number of aromatic amines is 1. The van der Waals surface area contributed by atoms with Gasteiger partial charge in [-0.2, -0.15) is 0 Å². The molecule has 3 rings (SSSR count). The fourth-order valence-corrected chi connectivity index (χ4v) is 2.39. The molecule has 2 heterocycles. The summed E-state index contributed by atoms with van der Waals surface area (Å²) in [6.45, 7) is 1.96. The highest BCUT2D eigenvalue weighted by Gasteiger charge is 2.13. The molecule has 0 atom stereocenters. The second-order valence-corrected chi connectivity index (χ2v) is 5.56. The van der Waals surface area contributed by atoms with Gasteiger partial charge in [-0.05, 0) is 47.1 Å². The Morgan fingerprint density at radius 3 is 3.04 bits per heavy atom. The van der Waals surface area contributed by atoms with Crippen LogP contribution in [0.3, 0.4) is 0 Å². The second-order valence-electron chi connectivity index (χ2n) is 4.65. The molecule has 1 aromatic carbocycles. The smallest absolute Gasteiger partial charge is 0.411 e. The molecule has 0 aliphatic carbocycles. The van der Waals surface area contributed by atoms with E-state index in [1.807, 2.05) is 0 Å². The predicted molar refractivity (Wildman–Crippen MR) is 87.6 cm³/mol. The molecule has 0 saturated heterocycles. The third-order valence-electron chi connectivity index (χ3n) is 3.05. The van der Waals surface area contributed by atoms with E-state index in [9.17, 15) is 9.18 Å². The largest absolute Gasteiger partial charge is 0.450 e. The van der Waals surface area contributed by atoms with E-state index in [4.69, 9.17) is 4.74 Å². The van der Waals surface area contributed by atoms with E-state index >= 15 is 0 Å². The monoisotopic (exact) mass is 378 g/mol. The summed E-state index contributed by atoms with van der Waals surface area (Å²) < 4.78 is 19.7. The number of hydrogen-bond acceptors (Lipinski definition) is 4. The molecule has 8 heteroatoms. The molecule has 6 nitrogen and oxygen atoms in total. The van der Waals surface area contributed by atoms with Crippen LogP contribution in [0.5, 0.6) is 0 Å². The van der Waals surface area contributed by atoms with Crippen molar-refractivity contribution in [2.45, 2.75) is 6.92 Å². The summed E-state index contributed by atoms with van der Waals surface area (Å²) in [6, 6.07) is 5.97. The Bertz CT molecular complexity index is 881. The third-order valence-corrected chi connectivity index (χ3v) is 3.48. The summed E-state index contributed by atoms with van der Waals surface area (Å²) in [4.78, 5) is 22.9. The summed E-state index contributed by atoms with van der Waals surface area (Å²) in [5.41, 5.74) is 1.80. The lowest BCUT2D eigenvalue weighted by Crippen LogP contribution is -2.13. The number of pyridine rings is 1. The van der Waals surface area contributed by atoms with Crippen LogP contribution in [0.1, 0.15) is 6.92 Å². The first-order chi connectivity index (χ1) is 11.1. The average molecular weight is 379 g/mol. The number of hydrogen-bond donors (Lipinski definition) is 2. The minimum Gasteiger partial charge on any atom is -0.450 e. The Morgan fingerprint density at radius 1 is 1.43 bits per heavy atom. The van der Waals surface area contributed by atoms with Crippen LogP contribution in [0.25, 0.3) is 22.6 Å². The van der Waals surface area contributed by atoms with E-state index in [0.29, 0.717) is 22.7 Å². The maximum atomic E-state index is 14.1. The van der Waals surface area contributed by atoms with Gasteiger partial charge in [0, 0.05) is 16.4 Å². The zero-order chi connectivity index (χ0) is 16.4. The van der Waals surface area contributed by atoms with Gasteiger partial charge in [-0.15, -0.1) is 0 Å². The van der Waals surface area contributed by atoms with Crippen LogP contribution in [0.2, 0.25) is 0 Å². The number of imidazole rings is 1. The summed E-state index contributed by atoms with van der Waals surface area (Å²) in [6.07, 6.45) is 1.03. The molecule has 0 unspecified atom stereocenters. The van der Waals surface area contributed by atoms with Crippen molar-refractivity contribution >= 4 is 38.9 Å². The van der Waals surface area contributed by atoms with Gasteiger partial charge < -0.3 is 9.72 Å². The Kier molecular flexibility index (Phi) is 4.24. The van der Waals surface area contributed by atoms with Crippen LogP contribution >= 0.6 is 15.9 Å². The molecule has 0 aliphatic heterocycles. The minimum atomic E-state index is -0.597. The Hall–Kier alpha value is -2.48. The number of carbonyl (C=O) groups excluding carboxylic acids is 1. The average Bonchev–Trinajstić information content (AvgIpc) is 2.92. The van der Waals surface area contributed by atoms with Crippen LogP contribution < -0.4 is 5.32 Å². The lowest BCUT2D eigenvalue weighted by atomic mass is 10.2. The van der Waals surface area contributed by atoms with Gasteiger partial charge in [0.25, 0.3) is 0 Å². The fourth-order valence-electron chi connectivity index (χ4n) is 2.07. The maximum Gasteiger partial charge on any atom is 0.411 e. The summed E-state index contributed by atoms with van der Waals surface area (Å²) >= 11 is 3.31. The number of H-pyrrole nitrogens is 1. The first-order valence-corrected chi connectivity index (χ1v) is 7.61. The number of halogens is 2. The van der Waals surface area contributed by atoms with E-state index in [1.54, 1.807) is 19.2 Å². The standard InChI is InChI=1S/C15H12BrFN4O2/c1-2-23-15(22)19-9-3-4-11(17)10(6-9)13-20-12-5-8(16)7-18-14(12)21-13/h3-7H,2H2,1H3,(H,19,22)(H,18,20,21).